The Bertz CT molecular complexity index is 830. The van der Waals surface area contributed by atoms with E-state index in [0.29, 0.717) is 5.39 Å². The molecule has 0 bridgehead atoms. The molecule has 0 saturated heterocycles. The van der Waals surface area contributed by atoms with Gasteiger partial charge in [0.25, 0.3) is 0 Å². The highest BCUT2D eigenvalue weighted by molar-refractivity contribution is 7.89. The number of nitrogens with one attached hydrogen (secondary N) is 1. The van der Waals surface area contributed by atoms with Gasteiger partial charge in [0, 0.05) is 0 Å². The molecule has 0 aliphatic rings. The van der Waals surface area contributed by atoms with E-state index in [1.165, 1.54) is 12.1 Å². The summed E-state index contributed by atoms with van der Waals surface area (Å²) in [6, 6.07) is 9.69. The molecule has 1 atom stereocenters. The van der Waals surface area contributed by atoms with Gasteiger partial charge in [-0.2, -0.15) is 4.72 Å². The minimum absolute atomic E-state index is 0.122. The predicted molar refractivity (Wildman–Crippen MR) is 77.9 cm³/mol. The summed E-state index contributed by atoms with van der Waals surface area (Å²) in [6.07, 6.45) is -0.845. The second-order valence-electron chi connectivity index (χ2n) is 4.62. The molecular formula is C14H13NO6S. The molecular weight excluding hydrogens is 310 g/mol. The van der Waals surface area contributed by atoms with Gasteiger partial charge in [0.2, 0.25) is 10.0 Å². The molecule has 0 heterocycles. The molecule has 0 aliphatic carbocycles. The van der Waals surface area contributed by atoms with E-state index in [4.69, 9.17) is 10.2 Å². The zero-order valence-corrected chi connectivity index (χ0v) is 12.1. The average Bonchev–Trinajstić information content (AvgIpc) is 2.45. The Morgan fingerprint density at radius 3 is 2.27 bits per heavy atom. The molecule has 2 rings (SSSR count). The van der Waals surface area contributed by atoms with Crippen LogP contribution in [0.1, 0.15) is 6.42 Å². The van der Waals surface area contributed by atoms with Gasteiger partial charge < -0.3 is 10.2 Å². The molecule has 2 aromatic carbocycles. The second-order valence-corrected chi connectivity index (χ2v) is 6.33. The Morgan fingerprint density at radius 1 is 1.05 bits per heavy atom. The summed E-state index contributed by atoms with van der Waals surface area (Å²) in [5.41, 5.74) is 0. The van der Waals surface area contributed by atoms with Crippen LogP contribution in [0.3, 0.4) is 0 Å². The van der Waals surface area contributed by atoms with Crippen molar-refractivity contribution in [3.8, 4) is 0 Å². The van der Waals surface area contributed by atoms with Crippen molar-refractivity contribution < 1.29 is 28.2 Å². The summed E-state index contributed by atoms with van der Waals surface area (Å²) in [5, 5.41) is 19.1. The van der Waals surface area contributed by atoms with Crippen LogP contribution in [0.2, 0.25) is 0 Å². The smallest absolute Gasteiger partial charge is 0.322 e. The number of carbonyl (C=O) groups is 2. The Balaban J connectivity index is 2.34. The van der Waals surface area contributed by atoms with Crippen molar-refractivity contribution in [1.29, 1.82) is 0 Å². The molecule has 0 aliphatic heterocycles. The molecule has 8 heteroatoms. The number of aliphatic carboxylic acids is 2. The lowest BCUT2D eigenvalue weighted by atomic mass is 10.1. The predicted octanol–water partition coefficient (Wildman–Crippen LogP) is 1.05. The number of hydrogen-bond donors (Lipinski definition) is 3. The van der Waals surface area contributed by atoms with Crippen molar-refractivity contribution in [2.75, 3.05) is 0 Å². The quantitative estimate of drug-likeness (QED) is 0.730. The van der Waals surface area contributed by atoms with Crippen molar-refractivity contribution in [2.45, 2.75) is 17.4 Å². The van der Waals surface area contributed by atoms with E-state index in [1.807, 2.05) is 16.9 Å². The largest absolute Gasteiger partial charge is 0.481 e. The molecule has 3 N–H and O–H groups in total. The molecule has 116 valence electrons. The van der Waals surface area contributed by atoms with Crippen molar-refractivity contribution in [2.24, 2.45) is 0 Å². The fourth-order valence-electron chi connectivity index (χ4n) is 1.94. The van der Waals surface area contributed by atoms with E-state index in [2.05, 4.69) is 0 Å². The second kappa shape index (κ2) is 6.12. The lowest BCUT2D eigenvalue weighted by molar-refractivity contribution is -0.145. The third-order valence-corrected chi connectivity index (χ3v) is 4.47. The Morgan fingerprint density at radius 2 is 1.68 bits per heavy atom. The highest BCUT2D eigenvalue weighted by Gasteiger charge is 2.27. The Labute approximate surface area is 126 Å². The Hall–Kier alpha value is -2.45. The molecule has 0 fully saturated rings. The highest BCUT2D eigenvalue weighted by atomic mass is 32.2. The van der Waals surface area contributed by atoms with Crippen LogP contribution in [0.15, 0.2) is 47.4 Å². The standard InChI is InChI=1S/C14H13NO6S/c16-13(17)8-12(14(18)19)15-22(20,21)11-6-5-9-3-1-2-4-10(9)7-11/h1-7,12,15H,8H2,(H,16,17)(H,18,19). The van der Waals surface area contributed by atoms with Crippen LogP contribution in [-0.4, -0.2) is 36.6 Å². The fraction of sp³-hybridized carbons (Fsp3) is 0.143. The van der Waals surface area contributed by atoms with E-state index in [1.54, 1.807) is 18.2 Å². The van der Waals surface area contributed by atoms with Crippen LogP contribution in [0.5, 0.6) is 0 Å². The summed E-state index contributed by atoms with van der Waals surface area (Å²) < 4.78 is 26.3. The molecule has 0 radical (unpaired) electrons. The van der Waals surface area contributed by atoms with Crippen LogP contribution in [0, 0.1) is 0 Å². The third kappa shape index (κ3) is 3.60. The van der Waals surface area contributed by atoms with Crippen molar-refractivity contribution >= 4 is 32.7 Å². The third-order valence-electron chi connectivity index (χ3n) is 3.01. The number of carboxylic acids is 2. The maximum atomic E-state index is 12.2. The summed E-state index contributed by atoms with van der Waals surface area (Å²) >= 11 is 0. The van der Waals surface area contributed by atoms with Gasteiger partial charge in [0.15, 0.2) is 0 Å². The number of hydrogen-bond acceptors (Lipinski definition) is 4. The number of rotatable bonds is 6. The number of carboxylic acid groups (broad SMARTS) is 2. The number of fused-ring (bicyclic) bond motifs is 1. The van der Waals surface area contributed by atoms with Gasteiger partial charge in [-0.25, -0.2) is 8.42 Å². The van der Waals surface area contributed by atoms with Gasteiger partial charge >= 0.3 is 11.9 Å². The van der Waals surface area contributed by atoms with Gasteiger partial charge in [0.1, 0.15) is 6.04 Å². The molecule has 22 heavy (non-hydrogen) atoms. The van der Waals surface area contributed by atoms with Gasteiger partial charge in [0.05, 0.1) is 11.3 Å². The van der Waals surface area contributed by atoms with E-state index >= 15 is 0 Å². The SMILES string of the molecule is O=C(O)CC(NS(=O)(=O)c1ccc2ccccc2c1)C(=O)O. The molecule has 0 saturated carbocycles. The Kier molecular flexibility index (Phi) is 4.43. The number of benzene rings is 2. The van der Waals surface area contributed by atoms with E-state index < -0.39 is 34.4 Å². The van der Waals surface area contributed by atoms with Crippen molar-refractivity contribution in [3.63, 3.8) is 0 Å². The van der Waals surface area contributed by atoms with Crippen LogP contribution in [0.4, 0.5) is 0 Å². The first-order valence-electron chi connectivity index (χ1n) is 6.25. The minimum Gasteiger partial charge on any atom is -0.481 e. The normalized spacial score (nSPS) is 12.9. The molecule has 0 aromatic heterocycles. The van der Waals surface area contributed by atoms with Gasteiger partial charge in [-0.1, -0.05) is 30.3 Å². The highest BCUT2D eigenvalue weighted by Crippen LogP contribution is 2.19. The maximum absolute atomic E-state index is 12.2. The summed E-state index contributed by atoms with van der Waals surface area (Å²) in [7, 11) is -4.14. The van der Waals surface area contributed by atoms with Crippen LogP contribution < -0.4 is 4.72 Å². The van der Waals surface area contributed by atoms with Crippen LogP contribution >= 0.6 is 0 Å². The zero-order valence-electron chi connectivity index (χ0n) is 11.3. The van der Waals surface area contributed by atoms with Gasteiger partial charge in [-0.15, -0.1) is 0 Å². The number of sulfonamides is 1. The van der Waals surface area contributed by atoms with Gasteiger partial charge in [-0.05, 0) is 22.9 Å². The first-order valence-corrected chi connectivity index (χ1v) is 7.73. The topological polar surface area (TPSA) is 121 Å². The maximum Gasteiger partial charge on any atom is 0.322 e. The molecule has 2 aromatic rings. The molecule has 0 spiro atoms. The van der Waals surface area contributed by atoms with E-state index in [-0.39, 0.29) is 4.90 Å². The molecule has 0 amide bonds. The lowest BCUT2D eigenvalue weighted by Gasteiger charge is -2.13. The fourth-order valence-corrected chi connectivity index (χ4v) is 3.17. The molecule has 7 nitrogen and oxygen atoms in total. The lowest BCUT2D eigenvalue weighted by Crippen LogP contribution is -2.42. The first kappa shape index (κ1) is 15.9. The van der Waals surface area contributed by atoms with E-state index in [0.717, 1.165) is 5.39 Å². The van der Waals surface area contributed by atoms with Crippen LogP contribution in [-0.2, 0) is 19.6 Å². The minimum atomic E-state index is -4.14. The summed E-state index contributed by atoms with van der Waals surface area (Å²) in [4.78, 5) is 21.5. The summed E-state index contributed by atoms with van der Waals surface area (Å²) in [5.74, 6) is -2.96. The summed E-state index contributed by atoms with van der Waals surface area (Å²) in [6.45, 7) is 0. The van der Waals surface area contributed by atoms with Crippen molar-refractivity contribution in [3.05, 3.63) is 42.5 Å². The van der Waals surface area contributed by atoms with Gasteiger partial charge in [-0.3, -0.25) is 9.59 Å². The molecule has 1 unspecified atom stereocenters. The average molecular weight is 323 g/mol. The van der Waals surface area contributed by atoms with Crippen molar-refractivity contribution in [1.82, 2.24) is 4.72 Å². The zero-order chi connectivity index (χ0) is 16.3. The first-order chi connectivity index (χ1) is 10.3. The van der Waals surface area contributed by atoms with E-state index in [9.17, 15) is 18.0 Å². The van der Waals surface area contributed by atoms with Crippen LogP contribution in [0.25, 0.3) is 10.8 Å². The monoisotopic (exact) mass is 323 g/mol.